The molecule has 2 rings (SSSR count). The van der Waals surface area contributed by atoms with Crippen molar-refractivity contribution < 1.29 is 9.90 Å². The van der Waals surface area contributed by atoms with E-state index >= 15 is 0 Å². The summed E-state index contributed by atoms with van der Waals surface area (Å²) in [6, 6.07) is 5.46. The summed E-state index contributed by atoms with van der Waals surface area (Å²) in [6.45, 7) is 6.46. The summed E-state index contributed by atoms with van der Waals surface area (Å²) in [6.07, 6.45) is 3.49. The molecule has 6 heteroatoms. The molecule has 0 saturated heterocycles. The van der Waals surface area contributed by atoms with Gasteiger partial charge in [0.2, 0.25) is 0 Å². The molecule has 2 aromatic rings. The first-order valence-electron chi connectivity index (χ1n) is 7.48. The Morgan fingerprint density at radius 1 is 1.13 bits per heavy atom. The van der Waals surface area contributed by atoms with Crippen LogP contribution in [0.25, 0.3) is 0 Å². The van der Waals surface area contributed by atoms with Crippen LogP contribution in [-0.4, -0.2) is 29.2 Å². The Balaban J connectivity index is 1.84. The fourth-order valence-electron chi connectivity index (χ4n) is 2.19. The van der Waals surface area contributed by atoms with Crippen molar-refractivity contribution in [3.63, 3.8) is 0 Å². The summed E-state index contributed by atoms with van der Waals surface area (Å²) in [5, 5.41) is 19.8. The van der Waals surface area contributed by atoms with Gasteiger partial charge in [0.25, 0.3) is 0 Å². The number of hydrogen-bond donors (Lipinski definition) is 3. The normalized spacial score (nSPS) is 14.1. The number of amides is 2. The topological polar surface area (TPSA) is 74.2 Å². The molecule has 0 fully saturated rings. The summed E-state index contributed by atoms with van der Waals surface area (Å²) in [5.41, 5.74) is 0.645. The number of aromatic nitrogens is 1. The van der Waals surface area contributed by atoms with Crippen molar-refractivity contribution in [1.82, 2.24) is 15.6 Å². The van der Waals surface area contributed by atoms with E-state index in [0.29, 0.717) is 6.54 Å². The highest BCUT2D eigenvalue weighted by atomic mass is 32.1. The quantitative estimate of drug-likeness (QED) is 0.761. The lowest BCUT2D eigenvalue weighted by atomic mass is 9.85. The molecule has 0 spiro atoms. The lowest BCUT2D eigenvalue weighted by molar-refractivity contribution is 0.0598. The first-order valence-corrected chi connectivity index (χ1v) is 8.43. The zero-order valence-corrected chi connectivity index (χ0v) is 14.5. The van der Waals surface area contributed by atoms with Crippen molar-refractivity contribution in [2.75, 3.05) is 13.1 Å². The molecule has 2 aromatic heterocycles. The van der Waals surface area contributed by atoms with Crippen LogP contribution in [0.2, 0.25) is 0 Å². The molecular formula is C17H23N3O2S. The monoisotopic (exact) mass is 333 g/mol. The van der Waals surface area contributed by atoms with Crippen molar-refractivity contribution in [2.45, 2.75) is 31.8 Å². The van der Waals surface area contributed by atoms with Gasteiger partial charge in [-0.1, -0.05) is 13.8 Å². The molecule has 0 bridgehead atoms. The second kappa shape index (κ2) is 7.10. The van der Waals surface area contributed by atoms with Gasteiger partial charge in [0.1, 0.15) is 5.60 Å². The highest BCUT2D eigenvalue weighted by Crippen LogP contribution is 2.22. The average molecular weight is 333 g/mol. The van der Waals surface area contributed by atoms with Gasteiger partial charge in [-0.3, -0.25) is 4.98 Å². The fourth-order valence-corrected chi connectivity index (χ4v) is 2.98. The van der Waals surface area contributed by atoms with Crippen LogP contribution in [0.5, 0.6) is 0 Å². The van der Waals surface area contributed by atoms with Gasteiger partial charge in [-0.15, -0.1) is 0 Å². The number of thiophene rings is 1. The molecule has 124 valence electrons. The Kier molecular flexibility index (Phi) is 5.38. The molecule has 0 aliphatic carbocycles. The largest absolute Gasteiger partial charge is 0.384 e. The van der Waals surface area contributed by atoms with Crippen LogP contribution < -0.4 is 10.6 Å². The van der Waals surface area contributed by atoms with Crippen molar-refractivity contribution in [1.29, 1.82) is 0 Å². The van der Waals surface area contributed by atoms with Crippen molar-refractivity contribution in [3.05, 3.63) is 52.5 Å². The number of pyridine rings is 1. The van der Waals surface area contributed by atoms with Gasteiger partial charge in [0.15, 0.2) is 0 Å². The van der Waals surface area contributed by atoms with E-state index in [0.717, 1.165) is 11.1 Å². The van der Waals surface area contributed by atoms with E-state index in [1.807, 2.05) is 29.0 Å². The van der Waals surface area contributed by atoms with E-state index in [9.17, 15) is 9.90 Å². The number of aliphatic hydroxyl groups is 1. The van der Waals surface area contributed by atoms with Crippen molar-refractivity contribution in [3.8, 4) is 0 Å². The summed E-state index contributed by atoms with van der Waals surface area (Å²) < 4.78 is 0. The minimum absolute atomic E-state index is 0.158. The molecular weight excluding hydrogens is 310 g/mol. The molecule has 3 N–H and O–H groups in total. The maximum Gasteiger partial charge on any atom is 0.314 e. The molecule has 1 atom stereocenters. The summed E-state index contributed by atoms with van der Waals surface area (Å²) in [7, 11) is 0. The van der Waals surface area contributed by atoms with Crippen LogP contribution in [0.15, 0.2) is 41.4 Å². The zero-order valence-electron chi connectivity index (χ0n) is 13.7. The Bertz CT molecular complexity index is 625. The number of carbonyl (C=O) groups is 1. The van der Waals surface area contributed by atoms with Crippen LogP contribution >= 0.6 is 11.3 Å². The lowest BCUT2D eigenvalue weighted by Crippen LogP contribution is -2.46. The molecule has 2 heterocycles. The Labute approximate surface area is 140 Å². The second-order valence-electron chi connectivity index (χ2n) is 6.44. The highest BCUT2D eigenvalue weighted by molar-refractivity contribution is 7.08. The molecule has 0 aliphatic heterocycles. The molecule has 0 aliphatic rings. The molecule has 5 nitrogen and oxygen atoms in total. The van der Waals surface area contributed by atoms with Crippen LogP contribution in [0.1, 0.15) is 31.9 Å². The number of rotatable bonds is 6. The van der Waals surface area contributed by atoms with Crippen LogP contribution in [-0.2, 0) is 11.0 Å². The lowest BCUT2D eigenvalue weighted by Gasteiger charge is -2.27. The summed E-state index contributed by atoms with van der Waals surface area (Å²) in [4.78, 5) is 16.0. The fraction of sp³-hybridized carbons (Fsp3) is 0.412. The second-order valence-corrected chi connectivity index (χ2v) is 7.22. The predicted molar refractivity (Wildman–Crippen MR) is 92.6 cm³/mol. The Morgan fingerprint density at radius 2 is 1.78 bits per heavy atom. The maximum absolute atomic E-state index is 12.0. The molecule has 0 saturated carbocycles. The van der Waals surface area contributed by atoms with E-state index in [1.54, 1.807) is 19.3 Å². The van der Waals surface area contributed by atoms with Gasteiger partial charge in [-0.05, 0) is 47.0 Å². The molecule has 0 radical (unpaired) electrons. The predicted octanol–water partition coefficient (Wildman–Crippen LogP) is 2.63. The smallest absolute Gasteiger partial charge is 0.314 e. The van der Waals surface area contributed by atoms with E-state index < -0.39 is 5.60 Å². The summed E-state index contributed by atoms with van der Waals surface area (Å²) in [5.74, 6) is 0. The van der Waals surface area contributed by atoms with Crippen molar-refractivity contribution in [2.24, 2.45) is 0 Å². The van der Waals surface area contributed by atoms with Gasteiger partial charge in [0, 0.05) is 24.4 Å². The first-order chi connectivity index (χ1) is 10.8. The number of urea groups is 1. The van der Waals surface area contributed by atoms with Crippen LogP contribution in [0, 0.1) is 0 Å². The van der Waals surface area contributed by atoms with Gasteiger partial charge in [-0.2, -0.15) is 11.3 Å². The van der Waals surface area contributed by atoms with Gasteiger partial charge < -0.3 is 15.7 Å². The first kappa shape index (κ1) is 17.4. The summed E-state index contributed by atoms with van der Waals surface area (Å²) >= 11 is 1.52. The minimum atomic E-state index is -1.07. The van der Waals surface area contributed by atoms with Crippen molar-refractivity contribution >= 4 is 17.4 Å². The maximum atomic E-state index is 12.0. The zero-order chi connectivity index (χ0) is 16.9. The number of nitrogens with one attached hydrogen (secondary N) is 2. The standard InChI is InChI=1S/C17H23N3O2S/c1-16(2,13-4-7-18-8-5-13)11-19-15(21)20-12-17(3,22)14-6-9-23-10-14/h4-10,22H,11-12H2,1-3H3,(H2,19,20,21). The third kappa shape index (κ3) is 4.77. The number of hydrogen-bond acceptors (Lipinski definition) is 4. The van der Waals surface area contributed by atoms with Gasteiger partial charge in [-0.25, -0.2) is 4.79 Å². The van der Waals surface area contributed by atoms with Crippen LogP contribution in [0.4, 0.5) is 4.79 Å². The van der Waals surface area contributed by atoms with E-state index in [4.69, 9.17) is 0 Å². The van der Waals surface area contributed by atoms with Gasteiger partial charge in [0.05, 0.1) is 6.54 Å². The number of carbonyl (C=O) groups excluding carboxylic acids is 1. The number of nitrogens with zero attached hydrogens (tertiary/aromatic N) is 1. The minimum Gasteiger partial charge on any atom is -0.384 e. The van der Waals surface area contributed by atoms with E-state index in [2.05, 4.69) is 29.5 Å². The third-order valence-corrected chi connectivity index (χ3v) is 4.57. The SMILES string of the molecule is CC(C)(CNC(=O)NCC(C)(O)c1ccsc1)c1ccncc1. The average Bonchev–Trinajstić information content (AvgIpc) is 3.07. The Hall–Kier alpha value is -1.92. The molecule has 0 aromatic carbocycles. The molecule has 1 unspecified atom stereocenters. The van der Waals surface area contributed by atoms with Crippen LogP contribution in [0.3, 0.4) is 0 Å². The van der Waals surface area contributed by atoms with Gasteiger partial charge >= 0.3 is 6.03 Å². The van der Waals surface area contributed by atoms with E-state index in [1.165, 1.54) is 11.3 Å². The molecule has 2 amide bonds. The highest BCUT2D eigenvalue weighted by Gasteiger charge is 2.25. The third-order valence-electron chi connectivity index (χ3n) is 3.89. The molecule has 23 heavy (non-hydrogen) atoms. The Morgan fingerprint density at radius 3 is 2.39 bits per heavy atom. The van der Waals surface area contributed by atoms with E-state index in [-0.39, 0.29) is 18.0 Å².